The van der Waals surface area contributed by atoms with Crippen molar-refractivity contribution in [2.24, 2.45) is 0 Å². The molecule has 2 amide bonds. The van der Waals surface area contributed by atoms with Crippen molar-refractivity contribution in [3.05, 3.63) is 29.8 Å². The van der Waals surface area contributed by atoms with Gasteiger partial charge in [-0.2, -0.15) is 5.26 Å². The van der Waals surface area contributed by atoms with E-state index in [2.05, 4.69) is 5.32 Å². The summed E-state index contributed by atoms with van der Waals surface area (Å²) in [5.41, 5.74) is 0.727. The van der Waals surface area contributed by atoms with E-state index < -0.39 is 33.1 Å². The third kappa shape index (κ3) is 2.36. The van der Waals surface area contributed by atoms with E-state index in [1.54, 1.807) is 18.2 Å². The van der Waals surface area contributed by atoms with Gasteiger partial charge in [-0.1, -0.05) is 6.07 Å². The van der Waals surface area contributed by atoms with Gasteiger partial charge in [-0.15, -0.1) is 0 Å². The smallest absolute Gasteiger partial charge is 0.259 e. The summed E-state index contributed by atoms with van der Waals surface area (Å²) in [7, 11) is -3.78. The predicted molar refractivity (Wildman–Crippen MR) is 74.5 cm³/mol. The number of carbonyl (C=O) groups excluding carboxylic acids is 2. The predicted octanol–water partition coefficient (Wildman–Crippen LogP) is 0.447. The fourth-order valence-electron chi connectivity index (χ4n) is 1.91. The molecule has 1 aliphatic rings. The molecule has 8 heteroatoms. The minimum atomic E-state index is -3.78. The van der Waals surface area contributed by atoms with Crippen molar-refractivity contribution in [1.82, 2.24) is 4.31 Å². The van der Waals surface area contributed by atoms with Crippen LogP contribution in [0.1, 0.15) is 19.4 Å². The highest BCUT2D eigenvalue weighted by atomic mass is 32.2. The normalized spacial score (nSPS) is 18.5. The number of hydrogen-bond donors (Lipinski definition) is 1. The van der Waals surface area contributed by atoms with Gasteiger partial charge in [-0.3, -0.25) is 9.59 Å². The minimum absolute atomic E-state index is 0.363. The maximum Gasteiger partial charge on any atom is 0.259 e. The van der Waals surface area contributed by atoms with E-state index in [1.807, 2.05) is 6.07 Å². The van der Waals surface area contributed by atoms with Gasteiger partial charge in [-0.25, -0.2) is 12.7 Å². The average molecular weight is 307 g/mol. The van der Waals surface area contributed by atoms with Crippen molar-refractivity contribution in [2.75, 3.05) is 11.9 Å². The first-order valence-corrected chi connectivity index (χ1v) is 7.51. The number of nitriles is 1. The molecule has 1 fully saturated rings. The van der Waals surface area contributed by atoms with Crippen molar-refractivity contribution >= 4 is 27.5 Å². The van der Waals surface area contributed by atoms with Crippen molar-refractivity contribution in [1.29, 1.82) is 5.26 Å². The number of anilines is 1. The lowest BCUT2D eigenvalue weighted by Gasteiger charge is -2.42. The number of rotatable bonds is 3. The molecule has 1 aromatic carbocycles. The zero-order valence-electron chi connectivity index (χ0n) is 11.5. The van der Waals surface area contributed by atoms with E-state index >= 15 is 0 Å². The van der Waals surface area contributed by atoms with E-state index in [4.69, 9.17) is 5.26 Å². The van der Waals surface area contributed by atoms with Crippen LogP contribution in [0.5, 0.6) is 0 Å². The second-order valence-corrected chi connectivity index (χ2v) is 7.48. The van der Waals surface area contributed by atoms with Crippen LogP contribution in [-0.4, -0.2) is 35.8 Å². The second kappa shape index (κ2) is 4.86. The van der Waals surface area contributed by atoms with Crippen LogP contribution in [0.15, 0.2) is 24.3 Å². The molecule has 0 radical (unpaired) electrons. The quantitative estimate of drug-likeness (QED) is 0.872. The number of nitrogens with one attached hydrogen (secondary N) is 1. The van der Waals surface area contributed by atoms with E-state index in [1.165, 1.54) is 19.9 Å². The van der Waals surface area contributed by atoms with Gasteiger partial charge >= 0.3 is 0 Å². The average Bonchev–Trinajstić information content (AvgIpc) is 2.43. The molecule has 0 bridgehead atoms. The van der Waals surface area contributed by atoms with Crippen molar-refractivity contribution in [3.8, 4) is 6.07 Å². The highest BCUT2D eigenvalue weighted by Crippen LogP contribution is 2.34. The summed E-state index contributed by atoms with van der Waals surface area (Å²) in [6, 6.07) is 8.10. The van der Waals surface area contributed by atoms with Crippen LogP contribution in [0, 0.1) is 11.3 Å². The summed E-state index contributed by atoms with van der Waals surface area (Å²) in [4.78, 5) is 23.5. The van der Waals surface area contributed by atoms with Crippen LogP contribution >= 0.6 is 0 Å². The Kier molecular flexibility index (Phi) is 3.47. The monoisotopic (exact) mass is 307 g/mol. The van der Waals surface area contributed by atoms with Gasteiger partial charge in [0.25, 0.3) is 15.9 Å². The number of sulfonamides is 1. The summed E-state index contributed by atoms with van der Waals surface area (Å²) in [5.74, 6) is -1.25. The number of benzene rings is 1. The van der Waals surface area contributed by atoms with Gasteiger partial charge in [0.05, 0.1) is 11.6 Å². The lowest BCUT2D eigenvalue weighted by atomic mass is 10.2. The van der Waals surface area contributed by atoms with E-state index in [0.29, 0.717) is 15.6 Å². The van der Waals surface area contributed by atoms with Crippen LogP contribution in [0.3, 0.4) is 0 Å². The highest BCUT2D eigenvalue weighted by molar-refractivity contribution is 7.94. The highest BCUT2D eigenvalue weighted by Gasteiger charge is 2.60. The first kappa shape index (κ1) is 15.0. The van der Waals surface area contributed by atoms with Crippen molar-refractivity contribution in [3.63, 3.8) is 0 Å². The minimum Gasteiger partial charge on any atom is -0.324 e. The Morgan fingerprint density at radius 1 is 1.43 bits per heavy atom. The Balaban J connectivity index is 2.07. The number of amides is 2. The second-order valence-electron chi connectivity index (χ2n) is 5.07. The lowest BCUT2D eigenvalue weighted by Crippen LogP contribution is -2.68. The molecular formula is C13H13N3O4S. The summed E-state index contributed by atoms with van der Waals surface area (Å²) < 4.78 is 22.8. The van der Waals surface area contributed by atoms with Crippen molar-refractivity contribution in [2.45, 2.75) is 18.6 Å². The Morgan fingerprint density at radius 2 is 2.10 bits per heavy atom. The molecule has 0 unspecified atom stereocenters. The topological polar surface area (TPSA) is 107 Å². The molecule has 110 valence electrons. The molecular weight excluding hydrogens is 294 g/mol. The third-order valence-corrected chi connectivity index (χ3v) is 5.58. The summed E-state index contributed by atoms with van der Waals surface area (Å²) in [5, 5.41) is 11.2. The lowest BCUT2D eigenvalue weighted by molar-refractivity contribution is -0.134. The van der Waals surface area contributed by atoms with E-state index in [9.17, 15) is 18.0 Å². The van der Waals surface area contributed by atoms with E-state index in [-0.39, 0.29) is 0 Å². The molecule has 0 aliphatic carbocycles. The SMILES string of the molecule is CC1(C)C(=O)N(CC(=O)Nc2cccc(C#N)c2)S1(=O)=O. The molecule has 1 aromatic rings. The summed E-state index contributed by atoms with van der Waals surface area (Å²) in [6.07, 6.45) is 0. The maximum atomic E-state index is 11.9. The van der Waals surface area contributed by atoms with Crippen LogP contribution in [0.2, 0.25) is 0 Å². The first-order valence-electron chi connectivity index (χ1n) is 6.07. The maximum absolute atomic E-state index is 11.9. The van der Waals surface area contributed by atoms with Gasteiger partial charge in [0.15, 0.2) is 4.75 Å². The van der Waals surface area contributed by atoms with Gasteiger partial charge in [0.1, 0.15) is 6.54 Å². The van der Waals surface area contributed by atoms with Crippen LogP contribution in [-0.2, 0) is 19.6 Å². The number of nitrogens with zero attached hydrogens (tertiary/aromatic N) is 2. The number of hydrogen-bond acceptors (Lipinski definition) is 5. The Labute approximate surface area is 122 Å². The first-order chi connectivity index (χ1) is 9.70. The molecule has 7 nitrogen and oxygen atoms in total. The Hall–Kier alpha value is -2.40. The molecule has 1 saturated heterocycles. The summed E-state index contributed by atoms with van der Waals surface area (Å²) in [6.45, 7) is 2.03. The van der Waals surface area contributed by atoms with Crippen LogP contribution in [0.25, 0.3) is 0 Å². The zero-order chi connectivity index (χ0) is 15.8. The fourth-order valence-corrected chi connectivity index (χ4v) is 3.39. The molecule has 1 heterocycles. The van der Waals surface area contributed by atoms with Crippen molar-refractivity contribution < 1.29 is 18.0 Å². The standard InChI is InChI=1S/C13H13N3O4S/c1-13(2)12(18)16(21(13,19)20)8-11(17)15-10-5-3-4-9(6-10)7-14/h3-6H,8H2,1-2H3,(H,15,17). The molecule has 0 atom stereocenters. The van der Waals surface area contributed by atoms with E-state index in [0.717, 1.165) is 0 Å². The van der Waals surface area contributed by atoms with Gasteiger partial charge < -0.3 is 5.32 Å². The largest absolute Gasteiger partial charge is 0.324 e. The molecule has 0 aromatic heterocycles. The Bertz CT molecular complexity index is 762. The molecule has 0 saturated carbocycles. The fraction of sp³-hybridized carbons (Fsp3) is 0.308. The van der Waals surface area contributed by atoms with Crippen LogP contribution in [0.4, 0.5) is 5.69 Å². The van der Waals surface area contributed by atoms with Gasteiger partial charge in [0, 0.05) is 5.69 Å². The molecule has 21 heavy (non-hydrogen) atoms. The molecule has 1 aliphatic heterocycles. The molecule has 1 N–H and O–H groups in total. The number of carbonyl (C=O) groups is 2. The molecule has 0 spiro atoms. The zero-order valence-corrected chi connectivity index (χ0v) is 12.3. The molecule has 2 rings (SSSR count). The Morgan fingerprint density at radius 3 is 2.67 bits per heavy atom. The van der Waals surface area contributed by atoms with Gasteiger partial charge in [-0.05, 0) is 32.0 Å². The third-order valence-electron chi connectivity index (χ3n) is 3.24. The summed E-state index contributed by atoms with van der Waals surface area (Å²) >= 11 is 0. The van der Waals surface area contributed by atoms with Gasteiger partial charge in [0.2, 0.25) is 5.91 Å². The van der Waals surface area contributed by atoms with Crippen LogP contribution < -0.4 is 5.32 Å².